The monoisotopic (exact) mass is 258 g/mol. The van der Waals surface area contributed by atoms with Gasteiger partial charge in [-0.1, -0.05) is 0 Å². The maximum absolute atomic E-state index is 6.00. The van der Waals surface area contributed by atoms with E-state index in [1.807, 2.05) is 13.8 Å². The summed E-state index contributed by atoms with van der Waals surface area (Å²) in [6.07, 6.45) is 0. The fraction of sp³-hybridized carbons (Fsp3) is 0.636. The highest BCUT2D eigenvalue weighted by molar-refractivity contribution is 6.28. The Balaban J connectivity index is 3.11. The molecule has 1 aromatic rings. The van der Waals surface area contributed by atoms with Crippen molar-refractivity contribution < 1.29 is 4.74 Å². The van der Waals surface area contributed by atoms with Crippen LogP contribution in [0, 0.1) is 6.92 Å². The molecule has 0 saturated heterocycles. The predicted molar refractivity (Wildman–Crippen MR) is 70.5 cm³/mol. The average Bonchev–Trinajstić information content (AvgIpc) is 2.26. The Morgan fingerprint density at radius 1 is 1.47 bits per heavy atom. The lowest BCUT2D eigenvalue weighted by molar-refractivity contribution is 0.181. The summed E-state index contributed by atoms with van der Waals surface area (Å²) < 4.78 is 5.15. The smallest absolute Gasteiger partial charge is 0.224 e. The second-order valence-electron chi connectivity index (χ2n) is 3.91. The van der Waals surface area contributed by atoms with Crippen molar-refractivity contribution >= 4 is 23.1 Å². The summed E-state index contributed by atoms with van der Waals surface area (Å²) in [5.41, 5.74) is 7.26. The van der Waals surface area contributed by atoms with Crippen LogP contribution < -0.4 is 10.6 Å². The third-order valence-electron chi connectivity index (χ3n) is 2.64. The van der Waals surface area contributed by atoms with Gasteiger partial charge < -0.3 is 15.4 Å². The second-order valence-corrected chi connectivity index (χ2v) is 4.24. The lowest BCUT2D eigenvalue weighted by atomic mass is 10.2. The van der Waals surface area contributed by atoms with Crippen LogP contribution in [0.15, 0.2) is 0 Å². The molecule has 1 heterocycles. The van der Waals surface area contributed by atoms with E-state index in [4.69, 9.17) is 22.1 Å². The van der Waals surface area contributed by atoms with Crippen molar-refractivity contribution in [2.45, 2.75) is 26.8 Å². The van der Waals surface area contributed by atoms with E-state index in [-0.39, 0.29) is 11.3 Å². The van der Waals surface area contributed by atoms with Gasteiger partial charge in [-0.3, -0.25) is 0 Å². The van der Waals surface area contributed by atoms with Crippen LogP contribution in [0.1, 0.15) is 19.5 Å². The number of anilines is 2. The number of hydrogen-bond donors (Lipinski definition) is 1. The Labute approximate surface area is 107 Å². The first kappa shape index (κ1) is 14.0. The van der Waals surface area contributed by atoms with Crippen LogP contribution in [-0.4, -0.2) is 36.3 Å². The molecule has 1 aromatic heterocycles. The lowest BCUT2D eigenvalue weighted by Gasteiger charge is -2.29. The second kappa shape index (κ2) is 6.02. The molecule has 0 aliphatic carbocycles. The molecule has 1 unspecified atom stereocenters. The molecule has 2 N–H and O–H groups in total. The zero-order valence-electron chi connectivity index (χ0n) is 10.7. The Bertz CT molecular complexity index is 386. The van der Waals surface area contributed by atoms with Crippen molar-refractivity contribution in [1.82, 2.24) is 9.97 Å². The third kappa shape index (κ3) is 3.20. The molecule has 6 heteroatoms. The lowest BCUT2D eigenvalue weighted by Crippen LogP contribution is -2.37. The molecule has 1 atom stereocenters. The number of nitrogens with zero attached hydrogens (tertiary/aromatic N) is 3. The summed E-state index contributed by atoms with van der Waals surface area (Å²) in [6.45, 7) is 7.30. The van der Waals surface area contributed by atoms with Crippen molar-refractivity contribution in [3.8, 4) is 0 Å². The van der Waals surface area contributed by atoms with Gasteiger partial charge in [0.1, 0.15) is 0 Å². The Kier molecular flexibility index (Phi) is 4.96. The number of likely N-dealkylation sites (N-methyl/N-ethyl adjacent to an activating group) is 1. The number of methoxy groups -OCH3 is 1. The first-order chi connectivity index (χ1) is 8.01. The summed E-state index contributed by atoms with van der Waals surface area (Å²) in [6, 6.07) is 0.178. The van der Waals surface area contributed by atoms with E-state index in [9.17, 15) is 0 Å². The summed E-state index contributed by atoms with van der Waals surface area (Å²) in [5, 5.41) is 0.217. The van der Waals surface area contributed by atoms with Crippen LogP contribution >= 0.6 is 11.6 Å². The van der Waals surface area contributed by atoms with Crippen LogP contribution in [-0.2, 0) is 4.74 Å². The van der Waals surface area contributed by atoms with Crippen LogP contribution in [0.5, 0.6) is 0 Å². The fourth-order valence-corrected chi connectivity index (χ4v) is 1.96. The van der Waals surface area contributed by atoms with Gasteiger partial charge in [-0.15, -0.1) is 0 Å². The Morgan fingerprint density at radius 2 is 2.12 bits per heavy atom. The molecular formula is C11H19ClN4O. The van der Waals surface area contributed by atoms with Crippen LogP contribution in [0.2, 0.25) is 5.28 Å². The highest BCUT2D eigenvalue weighted by atomic mass is 35.5. The van der Waals surface area contributed by atoms with Gasteiger partial charge in [-0.25, -0.2) is 4.98 Å². The number of aromatic nitrogens is 2. The standard InChI is InChI=1S/C11H19ClN4O/c1-5-16(7(2)6-17-4)10-9(13)8(3)14-11(12)15-10/h7H,5-6,13H2,1-4H3. The minimum Gasteiger partial charge on any atom is -0.394 e. The van der Waals surface area contributed by atoms with Gasteiger partial charge in [0, 0.05) is 13.7 Å². The van der Waals surface area contributed by atoms with Crippen LogP contribution in [0.4, 0.5) is 11.5 Å². The zero-order valence-corrected chi connectivity index (χ0v) is 11.5. The minimum absolute atomic E-state index is 0.178. The SMILES string of the molecule is CCN(c1nc(Cl)nc(C)c1N)C(C)COC. The van der Waals surface area contributed by atoms with E-state index in [0.717, 1.165) is 6.54 Å². The molecule has 5 nitrogen and oxygen atoms in total. The molecule has 0 aromatic carbocycles. The summed E-state index contributed by atoms with van der Waals surface area (Å²) in [5.74, 6) is 0.676. The average molecular weight is 259 g/mol. The number of nitrogens with two attached hydrogens (primary N) is 1. The Hall–Kier alpha value is -1.07. The van der Waals surface area contributed by atoms with Crippen molar-refractivity contribution in [3.05, 3.63) is 11.0 Å². The van der Waals surface area contributed by atoms with Crippen LogP contribution in [0.25, 0.3) is 0 Å². The molecule has 1 rings (SSSR count). The fourth-order valence-electron chi connectivity index (χ4n) is 1.75. The molecule has 0 amide bonds. The predicted octanol–water partition coefficient (Wildman–Crippen LogP) is 1.88. The molecule has 17 heavy (non-hydrogen) atoms. The molecule has 96 valence electrons. The zero-order chi connectivity index (χ0) is 13.0. The third-order valence-corrected chi connectivity index (χ3v) is 2.81. The number of aryl methyl sites for hydroxylation is 1. The first-order valence-electron chi connectivity index (χ1n) is 5.56. The number of ether oxygens (including phenoxy) is 1. The highest BCUT2D eigenvalue weighted by Crippen LogP contribution is 2.26. The van der Waals surface area contributed by atoms with Gasteiger partial charge in [0.05, 0.1) is 24.0 Å². The maximum Gasteiger partial charge on any atom is 0.224 e. The number of hydrogen-bond acceptors (Lipinski definition) is 5. The minimum atomic E-state index is 0.178. The Morgan fingerprint density at radius 3 is 2.65 bits per heavy atom. The molecule has 0 aliphatic heterocycles. The maximum atomic E-state index is 6.00. The number of halogens is 1. The van der Waals surface area contributed by atoms with Crippen LogP contribution in [0.3, 0.4) is 0 Å². The molecule has 0 radical (unpaired) electrons. The van der Waals surface area contributed by atoms with E-state index in [0.29, 0.717) is 23.8 Å². The van der Waals surface area contributed by atoms with E-state index in [2.05, 4.69) is 21.8 Å². The summed E-state index contributed by atoms with van der Waals surface area (Å²) in [7, 11) is 1.67. The number of nitrogen functional groups attached to an aromatic ring is 1. The molecule has 0 spiro atoms. The van der Waals surface area contributed by atoms with Crippen molar-refractivity contribution in [1.29, 1.82) is 0 Å². The van der Waals surface area contributed by atoms with Gasteiger partial charge in [0.15, 0.2) is 5.82 Å². The number of rotatable bonds is 5. The van der Waals surface area contributed by atoms with E-state index >= 15 is 0 Å². The molecule has 0 bridgehead atoms. The first-order valence-corrected chi connectivity index (χ1v) is 5.94. The molecular weight excluding hydrogens is 240 g/mol. The summed E-state index contributed by atoms with van der Waals surface area (Å²) in [4.78, 5) is 10.3. The largest absolute Gasteiger partial charge is 0.394 e. The van der Waals surface area contributed by atoms with E-state index in [1.165, 1.54) is 0 Å². The van der Waals surface area contributed by atoms with E-state index in [1.54, 1.807) is 7.11 Å². The van der Waals surface area contributed by atoms with Gasteiger partial charge in [-0.2, -0.15) is 4.98 Å². The van der Waals surface area contributed by atoms with Crippen molar-refractivity contribution in [3.63, 3.8) is 0 Å². The molecule has 0 aliphatic rings. The van der Waals surface area contributed by atoms with E-state index < -0.39 is 0 Å². The highest BCUT2D eigenvalue weighted by Gasteiger charge is 2.18. The summed E-state index contributed by atoms with van der Waals surface area (Å²) >= 11 is 5.87. The van der Waals surface area contributed by atoms with Gasteiger partial charge >= 0.3 is 0 Å². The molecule has 0 saturated carbocycles. The van der Waals surface area contributed by atoms with Gasteiger partial charge in [-0.05, 0) is 32.4 Å². The normalized spacial score (nSPS) is 12.5. The van der Waals surface area contributed by atoms with Gasteiger partial charge in [0.2, 0.25) is 5.28 Å². The topological polar surface area (TPSA) is 64.3 Å². The van der Waals surface area contributed by atoms with Crippen molar-refractivity contribution in [2.24, 2.45) is 0 Å². The molecule has 0 fully saturated rings. The quantitative estimate of drug-likeness (QED) is 0.817. The van der Waals surface area contributed by atoms with Crippen molar-refractivity contribution in [2.75, 3.05) is 30.9 Å². The van der Waals surface area contributed by atoms with Gasteiger partial charge in [0.25, 0.3) is 0 Å².